The SMILES string of the molecule is O=S(OCCF)OC(F)C(F)F. The zero-order chi connectivity index (χ0) is 9.56. The molecule has 0 spiro atoms. The summed E-state index contributed by atoms with van der Waals surface area (Å²) in [5, 5.41) is 0. The van der Waals surface area contributed by atoms with Gasteiger partial charge < -0.3 is 0 Å². The lowest BCUT2D eigenvalue weighted by atomic mass is 10.7. The Morgan fingerprint density at radius 2 is 1.92 bits per heavy atom. The second kappa shape index (κ2) is 6.32. The lowest BCUT2D eigenvalue weighted by Gasteiger charge is -2.05. The monoisotopic (exact) mass is 210 g/mol. The van der Waals surface area contributed by atoms with Crippen molar-refractivity contribution in [3.05, 3.63) is 0 Å². The standard InChI is InChI=1S/C4H6F4O3S/c5-1-2-10-12(9)11-4(8)3(6)7/h3-4H,1-2H2. The maximum atomic E-state index is 11.9. The first-order valence-electron chi connectivity index (χ1n) is 2.78. The second-order valence-electron chi connectivity index (χ2n) is 1.50. The Morgan fingerprint density at radius 3 is 2.33 bits per heavy atom. The van der Waals surface area contributed by atoms with Gasteiger partial charge in [-0.25, -0.2) is 21.7 Å². The highest BCUT2D eigenvalue weighted by molar-refractivity contribution is 7.75. The average Bonchev–Trinajstić information content (AvgIpc) is 2.00. The van der Waals surface area contributed by atoms with E-state index in [-0.39, 0.29) is 0 Å². The normalized spacial score (nSPS) is 16.4. The van der Waals surface area contributed by atoms with Crippen LogP contribution in [-0.2, 0) is 19.7 Å². The van der Waals surface area contributed by atoms with Gasteiger partial charge in [0, 0.05) is 0 Å². The molecular weight excluding hydrogens is 204 g/mol. The van der Waals surface area contributed by atoms with Crippen LogP contribution < -0.4 is 0 Å². The third-order valence-electron chi connectivity index (χ3n) is 0.625. The third-order valence-corrected chi connectivity index (χ3v) is 1.33. The molecule has 0 bridgehead atoms. The Balaban J connectivity index is 3.54. The van der Waals surface area contributed by atoms with Gasteiger partial charge >= 0.3 is 11.4 Å². The fraction of sp³-hybridized carbons (Fsp3) is 1.00. The van der Waals surface area contributed by atoms with E-state index in [4.69, 9.17) is 0 Å². The van der Waals surface area contributed by atoms with Gasteiger partial charge in [-0.15, -0.1) is 0 Å². The molecule has 74 valence electrons. The first kappa shape index (κ1) is 11.8. The highest BCUT2D eigenvalue weighted by Crippen LogP contribution is 2.08. The topological polar surface area (TPSA) is 35.5 Å². The van der Waals surface area contributed by atoms with Crippen LogP contribution in [0.15, 0.2) is 0 Å². The molecule has 2 atom stereocenters. The fourth-order valence-corrected chi connectivity index (χ4v) is 0.733. The minimum absolute atomic E-state index is 0.595. The molecule has 0 aromatic heterocycles. The summed E-state index contributed by atoms with van der Waals surface area (Å²) in [7, 11) is 0. The highest BCUT2D eigenvalue weighted by atomic mass is 32.2. The van der Waals surface area contributed by atoms with Gasteiger partial charge in [0.2, 0.25) is 0 Å². The Kier molecular flexibility index (Phi) is 6.21. The summed E-state index contributed by atoms with van der Waals surface area (Å²) in [5.74, 6) is 0. The molecule has 12 heavy (non-hydrogen) atoms. The molecule has 8 heteroatoms. The maximum Gasteiger partial charge on any atom is 0.307 e. The van der Waals surface area contributed by atoms with Crippen molar-refractivity contribution in [2.75, 3.05) is 13.3 Å². The van der Waals surface area contributed by atoms with E-state index in [1.54, 1.807) is 0 Å². The molecule has 0 aromatic rings. The summed E-state index contributed by atoms with van der Waals surface area (Å²) in [6, 6.07) is 0. The molecule has 0 rings (SSSR count). The van der Waals surface area contributed by atoms with Crippen molar-refractivity contribution >= 4 is 11.4 Å². The molecule has 0 N–H and O–H groups in total. The molecule has 2 unspecified atom stereocenters. The van der Waals surface area contributed by atoms with Gasteiger partial charge in [0.05, 0.1) is 6.61 Å². The number of hydrogen-bond donors (Lipinski definition) is 0. The second-order valence-corrected chi connectivity index (χ2v) is 2.33. The summed E-state index contributed by atoms with van der Waals surface area (Å²) in [5.41, 5.74) is 0. The van der Waals surface area contributed by atoms with Crippen molar-refractivity contribution in [1.29, 1.82) is 0 Å². The van der Waals surface area contributed by atoms with Gasteiger partial charge in [-0.3, -0.25) is 4.18 Å². The number of hydrogen-bond acceptors (Lipinski definition) is 3. The fourth-order valence-electron chi connectivity index (χ4n) is 0.244. The van der Waals surface area contributed by atoms with Crippen molar-refractivity contribution in [2.24, 2.45) is 0 Å². The van der Waals surface area contributed by atoms with Crippen LogP contribution in [0.25, 0.3) is 0 Å². The van der Waals surface area contributed by atoms with Gasteiger partial charge in [0.25, 0.3) is 12.8 Å². The summed E-state index contributed by atoms with van der Waals surface area (Å²) < 4.78 is 63.5. The highest BCUT2D eigenvalue weighted by Gasteiger charge is 2.23. The van der Waals surface area contributed by atoms with E-state index in [9.17, 15) is 21.8 Å². The maximum absolute atomic E-state index is 11.9. The molecule has 0 heterocycles. The van der Waals surface area contributed by atoms with E-state index in [0.717, 1.165) is 0 Å². The third kappa shape index (κ3) is 5.44. The molecule has 0 saturated heterocycles. The quantitative estimate of drug-likeness (QED) is 0.616. The van der Waals surface area contributed by atoms with Crippen molar-refractivity contribution in [3.8, 4) is 0 Å². The molecule has 3 nitrogen and oxygen atoms in total. The average molecular weight is 210 g/mol. The van der Waals surface area contributed by atoms with Gasteiger partial charge in [0.1, 0.15) is 6.67 Å². The smallest absolute Gasteiger partial charge is 0.266 e. The predicted octanol–water partition coefficient (Wildman–Crippen LogP) is 1.13. The zero-order valence-electron chi connectivity index (χ0n) is 5.71. The molecule has 0 aliphatic rings. The van der Waals surface area contributed by atoms with Crippen LogP contribution in [0.5, 0.6) is 0 Å². The lowest BCUT2D eigenvalue weighted by Crippen LogP contribution is -2.19. The number of alkyl halides is 4. The zero-order valence-corrected chi connectivity index (χ0v) is 6.53. The van der Waals surface area contributed by atoms with Crippen LogP contribution in [0.2, 0.25) is 0 Å². The van der Waals surface area contributed by atoms with Crippen LogP contribution in [0.3, 0.4) is 0 Å². The summed E-state index contributed by atoms with van der Waals surface area (Å²) in [4.78, 5) is 0. The van der Waals surface area contributed by atoms with E-state index >= 15 is 0 Å². The van der Waals surface area contributed by atoms with Crippen molar-refractivity contribution in [2.45, 2.75) is 12.8 Å². The Morgan fingerprint density at radius 1 is 1.33 bits per heavy atom. The van der Waals surface area contributed by atoms with E-state index < -0.39 is 37.4 Å². The van der Waals surface area contributed by atoms with Gasteiger partial charge in [-0.2, -0.15) is 4.21 Å². The Labute approximate surface area is 68.5 Å². The molecule has 0 aromatic carbocycles. The molecule has 0 aliphatic carbocycles. The van der Waals surface area contributed by atoms with Crippen LogP contribution >= 0.6 is 0 Å². The lowest BCUT2D eigenvalue weighted by molar-refractivity contribution is -0.0658. The first-order valence-corrected chi connectivity index (χ1v) is 3.78. The van der Waals surface area contributed by atoms with E-state index in [1.165, 1.54) is 0 Å². The summed E-state index contributed by atoms with van der Waals surface area (Å²) in [6.45, 7) is -1.55. The van der Waals surface area contributed by atoms with E-state index in [2.05, 4.69) is 8.37 Å². The van der Waals surface area contributed by atoms with Crippen molar-refractivity contribution in [1.82, 2.24) is 0 Å². The first-order chi connectivity index (χ1) is 5.57. The Bertz CT molecular complexity index is 144. The molecule has 0 fully saturated rings. The molecular formula is C4H6F4O3S. The largest absolute Gasteiger partial charge is 0.307 e. The number of halogens is 4. The number of rotatable bonds is 6. The van der Waals surface area contributed by atoms with E-state index in [1.807, 2.05) is 0 Å². The van der Waals surface area contributed by atoms with Gasteiger partial charge in [0.15, 0.2) is 0 Å². The van der Waals surface area contributed by atoms with E-state index in [0.29, 0.717) is 0 Å². The van der Waals surface area contributed by atoms with Crippen LogP contribution in [-0.4, -0.2) is 30.3 Å². The molecule has 0 amide bonds. The predicted molar refractivity (Wildman–Crippen MR) is 32.1 cm³/mol. The minimum atomic E-state index is -3.40. The van der Waals surface area contributed by atoms with Gasteiger partial charge in [-0.05, 0) is 0 Å². The summed E-state index contributed by atoms with van der Waals surface area (Å²) >= 11 is -2.67. The minimum Gasteiger partial charge on any atom is -0.266 e. The van der Waals surface area contributed by atoms with Crippen LogP contribution in [0.1, 0.15) is 0 Å². The van der Waals surface area contributed by atoms with Crippen LogP contribution in [0, 0.1) is 0 Å². The van der Waals surface area contributed by atoms with Gasteiger partial charge in [-0.1, -0.05) is 0 Å². The van der Waals surface area contributed by atoms with Crippen molar-refractivity contribution < 1.29 is 30.1 Å². The Hall–Kier alpha value is -0.210. The van der Waals surface area contributed by atoms with Crippen molar-refractivity contribution in [3.63, 3.8) is 0 Å². The summed E-state index contributed by atoms with van der Waals surface area (Å²) in [6.07, 6.45) is -6.38. The van der Waals surface area contributed by atoms with Crippen LogP contribution in [0.4, 0.5) is 17.6 Å². The molecule has 0 radical (unpaired) electrons. The molecule has 0 saturated carbocycles. The molecule has 0 aliphatic heterocycles.